The van der Waals surface area contributed by atoms with Gasteiger partial charge >= 0.3 is 18.0 Å². The molecule has 60 heavy (non-hydrogen) atoms. The maximum atomic E-state index is 13.5. The summed E-state index contributed by atoms with van der Waals surface area (Å²) in [6.07, 6.45) is 0.571. The number of alkyl carbamates (subject to hydrolysis) is 1. The second-order valence-electron chi connectivity index (χ2n) is 15.2. The molecule has 0 saturated heterocycles. The molecule has 15 heteroatoms. The highest BCUT2D eigenvalue weighted by Gasteiger charge is 2.30. The molecule has 3 aromatic carbocycles. The largest absolute Gasteiger partial charge is 0.459 e. The Morgan fingerprint density at radius 2 is 1.22 bits per heavy atom. The molecule has 0 unspecified atom stereocenters. The first-order chi connectivity index (χ1) is 28.7. The number of benzene rings is 3. The first kappa shape index (κ1) is 48.6. The average molecular weight is 833 g/mol. The summed E-state index contributed by atoms with van der Waals surface area (Å²) in [6.45, 7) is 10.6. The number of hydrogen-bond donors (Lipinski definition) is 4. The van der Waals surface area contributed by atoms with Gasteiger partial charge in [-0.1, -0.05) is 74.5 Å². The van der Waals surface area contributed by atoms with Crippen LogP contribution in [0.5, 0.6) is 0 Å². The second kappa shape index (κ2) is 26.3. The lowest BCUT2D eigenvalue weighted by atomic mass is 10.0. The summed E-state index contributed by atoms with van der Waals surface area (Å²) in [5.74, 6) is -2.40. The molecule has 4 N–H and O–H groups in total. The number of unbranched alkanes of at least 4 members (excludes halogenated alkanes) is 1. The van der Waals surface area contributed by atoms with Crippen LogP contribution in [-0.2, 0) is 51.3 Å². The van der Waals surface area contributed by atoms with Gasteiger partial charge in [-0.2, -0.15) is 0 Å². The Bertz CT molecular complexity index is 1780. The third-order valence-electron chi connectivity index (χ3n) is 8.66. The van der Waals surface area contributed by atoms with Gasteiger partial charge < -0.3 is 45.0 Å². The van der Waals surface area contributed by atoms with Crippen molar-refractivity contribution in [3.05, 3.63) is 107 Å². The Hall–Kier alpha value is -5.80. The Labute approximate surface area is 352 Å². The Kier molecular flexibility index (Phi) is 21.3. The summed E-state index contributed by atoms with van der Waals surface area (Å²) in [6, 6.07) is 22.6. The van der Waals surface area contributed by atoms with Crippen LogP contribution in [0.25, 0.3) is 0 Å². The van der Waals surface area contributed by atoms with Gasteiger partial charge in [0.2, 0.25) is 11.8 Å². The predicted molar refractivity (Wildman–Crippen MR) is 224 cm³/mol. The number of amides is 4. The fraction of sp³-hybridized carbons (Fsp3) is 0.467. The number of rotatable bonds is 25. The molecule has 0 heterocycles. The zero-order chi connectivity index (χ0) is 43.8. The molecule has 3 rings (SSSR count). The van der Waals surface area contributed by atoms with Crippen LogP contribution in [0.1, 0.15) is 92.1 Å². The molecule has 0 aliphatic carbocycles. The van der Waals surface area contributed by atoms with E-state index in [9.17, 15) is 28.8 Å². The van der Waals surface area contributed by atoms with Crippen molar-refractivity contribution in [2.24, 2.45) is 5.92 Å². The summed E-state index contributed by atoms with van der Waals surface area (Å²) in [7, 11) is 0. The minimum Gasteiger partial charge on any atom is -0.459 e. The molecule has 0 aliphatic heterocycles. The van der Waals surface area contributed by atoms with Crippen LogP contribution < -0.4 is 21.3 Å². The van der Waals surface area contributed by atoms with Gasteiger partial charge in [0.25, 0.3) is 5.91 Å². The van der Waals surface area contributed by atoms with Crippen molar-refractivity contribution in [1.29, 1.82) is 0 Å². The molecule has 0 bridgehead atoms. The van der Waals surface area contributed by atoms with E-state index in [0.29, 0.717) is 30.5 Å². The molecule has 0 radical (unpaired) electrons. The maximum Gasteiger partial charge on any atom is 0.408 e. The molecule has 0 saturated carbocycles. The van der Waals surface area contributed by atoms with Crippen LogP contribution in [0.15, 0.2) is 84.9 Å². The summed E-state index contributed by atoms with van der Waals surface area (Å²) in [4.78, 5) is 76.2. The smallest absolute Gasteiger partial charge is 0.408 e. The highest BCUT2D eigenvalue weighted by Crippen LogP contribution is 2.14. The molecule has 0 fully saturated rings. The molecule has 3 aromatic rings. The van der Waals surface area contributed by atoms with Gasteiger partial charge in [0, 0.05) is 25.1 Å². The minimum absolute atomic E-state index is 0.0154. The van der Waals surface area contributed by atoms with Gasteiger partial charge in [-0.25, -0.2) is 14.4 Å². The van der Waals surface area contributed by atoms with Crippen LogP contribution in [0.2, 0.25) is 0 Å². The topological polar surface area (TPSA) is 197 Å². The van der Waals surface area contributed by atoms with Gasteiger partial charge in [0.05, 0.1) is 32.0 Å². The monoisotopic (exact) mass is 832 g/mol. The van der Waals surface area contributed by atoms with E-state index < -0.39 is 41.6 Å². The first-order valence-electron chi connectivity index (χ1n) is 20.2. The van der Waals surface area contributed by atoms with E-state index in [1.54, 1.807) is 58.9 Å². The van der Waals surface area contributed by atoms with E-state index in [-0.39, 0.29) is 76.8 Å². The summed E-state index contributed by atoms with van der Waals surface area (Å²) < 4.78 is 27.2. The highest BCUT2D eigenvalue weighted by molar-refractivity contribution is 5.96. The van der Waals surface area contributed by atoms with Crippen molar-refractivity contribution < 1.29 is 52.5 Å². The van der Waals surface area contributed by atoms with Crippen molar-refractivity contribution in [3.63, 3.8) is 0 Å². The number of nitrogens with one attached hydrogen (secondary N) is 4. The number of hydrogen-bond acceptors (Lipinski definition) is 11. The second-order valence-corrected chi connectivity index (χ2v) is 15.2. The Morgan fingerprint density at radius 1 is 0.633 bits per heavy atom. The quantitative estimate of drug-likeness (QED) is 0.0494. The number of ether oxygens (including phenoxy) is 5. The molecule has 0 aliphatic rings. The lowest BCUT2D eigenvalue weighted by Gasteiger charge is -2.24. The van der Waals surface area contributed by atoms with Crippen LogP contribution in [0, 0.1) is 5.92 Å². The summed E-state index contributed by atoms with van der Waals surface area (Å²) in [5, 5.41) is 11.0. The van der Waals surface area contributed by atoms with E-state index in [0.717, 1.165) is 11.1 Å². The molecule has 2 atom stereocenters. The minimum atomic E-state index is -1.01. The van der Waals surface area contributed by atoms with Crippen LogP contribution in [0.3, 0.4) is 0 Å². The van der Waals surface area contributed by atoms with Gasteiger partial charge in [0.15, 0.2) is 0 Å². The molecule has 326 valence electrons. The van der Waals surface area contributed by atoms with Gasteiger partial charge in [-0.05, 0) is 81.3 Å². The van der Waals surface area contributed by atoms with E-state index in [1.807, 2.05) is 60.7 Å². The van der Waals surface area contributed by atoms with Crippen molar-refractivity contribution in [3.8, 4) is 0 Å². The van der Waals surface area contributed by atoms with E-state index in [4.69, 9.17) is 23.7 Å². The number of esters is 2. The zero-order valence-corrected chi connectivity index (χ0v) is 35.3. The molecule has 15 nitrogen and oxygen atoms in total. The van der Waals surface area contributed by atoms with Crippen molar-refractivity contribution >= 4 is 35.8 Å². The fourth-order valence-electron chi connectivity index (χ4n) is 5.46. The molecular weight excluding hydrogens is 773 g/mol. The van der Waals surface area contributed by atoms with Crippen molar-refractivity contribution in [2.75, 3.05) is 39.5 Å². The maximum absolute atomic E-state index is 13.5. The first-order valence-corrected chi connectivity index (χ1v) is 20.2. The summed E-state index contributed by atoms with van der Waals surface area (Å²) >= 11 is 0. The van der Waals surface area contributed by atoms with Crippen LogP contribution in [-0.4, -0.2) is 93.0 Å². The number of carbonyl (C=O) groups is 6. The van der Waals surface area contributed by atoms with Gasteiger partial charge in [-0.15, -0.1) is 0 Å². The van der Waals surface area contributed by atoms with Crippen LogP contribution in [0.4, 0.5) is 4.79 Å². The third kappa shape index (κ3) is 19.8. The van der Waals surface area contributed by atoms with Crippen molar-refractivity contribution in [2.45, 2.75) is 91.2 Å². The Morgan fingerprint density at radius 3 is 1.82 bits per heavy atom. The van der Waals surface area contributed by atoms with Gasteiger partial charge in [-0.3, -0.25) is 14.4 Å². The molecule has 0 aromatic heterocycles. The Balaban J connectivity index is 1.32. The SMILES string of the molecule is CC(C)[C@H](NC(=O)[C@H](CCCCNC(=O)CCOCCOCCNC(=O)c1ccc(C(=O)OC(C)(C)C)cc1)NC(=O)OCc1ccccc1)C(=O)OCc1ccccc1. The van der Waals surface area contributed by atoms with E-state index >= 15 is 0 Å². The average Bonchev–Trinajstić information content (AvgIpc) is 3.22. The lowest BCUT2D eigenvalue weighted by Crippen LogP contribution is -2.53. The standard InChI is InChI=1S/C45H60N4O11/c1-32(2)39(43(54)58-30-33-14-8-6-9-15-33)49-41(52)37(48-44(55)59-31-34-16-10-7-11-17-34)18-12-13-24-46-38(50)23-26-56-28-29-57-27-25-47-40(51)35-19-21-36(22-20-35)42(53)60-45(3,4)5/h6-11,14-17,19-22,32,37,39H,12-13,18,23-31H2,1-5H3,(H,46,50)(H,47,51)(H,48,55)(H,49,52)/t37-,39-/m0/s1. The fourth-order valence-corrected chi connectivity index (χ4v) is 5.46. The van der Waals surface area contributed by atoms with Crippen LogP contribution >= 0.6 is 0 Å². The predicted octanol–water partition coefficient (Wildman–Crippen LogP) is 5.26. The van der Waals surface area contributed by atoms with Gasteiger partial charge in [0.1, 0.15) is 30.9 Å². The number of carbonyl (C=O) groups excluding carboxylic acids is 6. The van der Waals surface area contributed by atoms with E-state index in [1.165, 1.54) is 0 Å². The normalized spacial score (nSPS) is 12.1. The molecule has 0 spiro atoms. The highest BCUT2D eigenvalue weighted by atomic mass is 16.6. The van der Waals surface area contributed by atoms with Crippen molar-refractivity contribution in [1.82, 2.24) is 21.3 Å². The summed E-state index contributed by atoms with van der Waals surface area (Å²) in [5.41, 5.74) is 1.74. The lowest BCUT2D eigenvalue weighted by molar-refractivity contribution is -0.150. The zero-order valence-electron chi connectivity index (χ0n) is 35.3. The molecule has 4 amide bonds. The van der Waals surface area contributed by atoms with E-state index in [2.05, 4.69) is 21.3 Å². The third-order valence-corrected chi connectivity index (χ3v) is 8.66. The molecular formula is C45H60N4O11.